The summed E-state index contributed by atoms with van der Waals surface area (Å²) in [5, 5.41) is 11.7. The molecule has 23 heavy (non-hydrogen) atoms. The van der Waals surface area contributed by atoms with Crippen LogP contribution >= 0.6 is 0 Å². The van der Waals surface area contributed by atoms with Crippen molar-refractivity contribution >= 4 is 11.9 Å². The van der Waals surface area contributed by atoms with Gasteiger partial charge in [-0.05, 0) is 36.5 Å². The number of aromatic carboxylic acids is 1. The second-order valence-electron chi connectivity index (χ2n) is 5.70. The SMILES string of the molecule is O=C(O)c1coc(C(=O)NC(c2ccc(F)cc2)C2CCC2)c1. The third kappa shape index (κ3) is 3.26. The van der Waals surface area contributed by atoms with Crippen molar-refractivity contribution < 1.29 is 23.5 Å². The van der Waals surface area contributed by atoms with E-state index in [1.807, 2.05) is 0 Å². The molecule has 0 saturated heterocycles. The number of hydrogen-bond acceptors (Lipinski definition) is 3. The minimum Gasteiger partial charge on any atom is -0.478 e. The van der Waals surface area contributed by atoms with Crippen molar-refractivity contribution in [3.63, 3.8) is 0 Å². The molecule has 0 radical (unpaired) electrons. The van der Waals surface area contributed by atoms with Gasteiger partial charge in [0.05, 0.1) is 11.6 Å². The molecular weight excluding hydrogens is 301 g/mol. The second-order valence-corrected chi connectivity index (χ2v) is 5.70. The van der Waals surface area contributed by atoms with Gasteiger partial charge in [0.15, 0.2) is 5.76 Å². The molecule has 2 N–H and O–H groups in total. The van der Waals surface area contributed by atoms with Crippen LogP contribution in [0.5, 0.6) is 0 Å². The Bertz CT molecular complexity index is 718. The van der Waals surface area contributed by atoms with E-state index in [4.69, 9.17) is 9.52 Å². The lowest BCUT2D eigenvalue weighted by Gasteiger charge is -2.34. The summed E-state index contributed by atoms with van der Waals surface area (Å²) in [5.41, 5.74) is 0.756. The van der Waals surface area contributed by atoms with Crippen molar-refractivity contribution in [3.05, 3.63) is 59.3 Å². The zero-order valence-corrected chi connectivity index (χ0v) is 12.3. The summed E-state index contributed by atoms with van der Waals surface area (Å²) in [4.78, 5) is 23.2. The van der Waals surface area contributed by atoms with Gasteiger partial charge in [0.25, 0.3) is 5.91 Å². The van der Waals surface area contributed by atoms with Gasteiger partial charge in [-0.1, -0.05) is 18.6 Å². The highest BCUT2D eigenvalue weighted by molar-refractivity contribution is 5.95. The van der Waals surface area contributed by atoms with E-state index in [0.717, 1.165) is 31.1 Å². The number of benzene rings is 1. The van der Waals surface area contributed by atoms with Gasteiger partial charge in [-0.25, -0.2) is 9.18 Å². The summed E-state index contributed by atoms with van der Waals surface area (Å²) in [6.45, 7) is 0. The van der Waals surface area contributed by atoms with Crippen molar-refractivity contribution in [1.82, 2.24) is 5.32 Å². The first-order valence-corrected chi connectivity index (χ1v) is 7.43. The average Bonchev–Trinajstić information content (AvgIpc) is 2.95. The van der Waals surface area contributed by atoms with Crippen LogP contribution in [-0.4, -0.2) is 17.0 Å². The molecule has 2 aromatic rings. The van der Waals surface area contributed by atoms with Crippen LogP contribution in [0, 0.1) is 11.7 Å². The summed E-state index contributed by atoms with van der Waals surface area (Å²) >= 11 is 0. The largest absolute Gasteiger partial charge is 0.478 e. The number of rotatable bonds is 5. The Labute approximate surface area is 132 Å². The van der Waals surface area contributed by atoms with Gasteiger partial charge in [0.1, 0.15) is 12.1 Å². The summed E-state index contributed by atoms with van der Waals surface area (Å²) in [7, 11) is 0. The molecule has 3 rings (SSSR count). The summed E-state index contributed by atoms with van der Waals surface area (Å²) in [5.74, 6) is -1.71. The van der Waals surface area contributed by atoms with Gasteiger partial charge >= 0.3 is 5.97 Å². The molecule has 1 saturated carbocycles. The van der Waals surface area contributed by atoms with E-state index in [9.17, 15) is 14.0 Å². The van der Waals surface area contributed by atoms with Crippen molar-refractivity contribution in [2.45, 2.75) is 25.3 Å². The zero-order chi connectivity index (χ0) is 16.4. The Morgan fingerprint density at radius 1 is 1.26 bits per heavy atom. The topological polar surface area (TPSA) is 79.5 Å². The van der Waals surface area contributed by atoms with Crippen LogP contribution < -0.4 is 5.32 Å². The van der Waals surface area contributed by atoms with Crippen molar-refractivity contribution in [1.29, 1.82) is 0 Å². The first kappa shape index (κ1) is 15.3. The van der Waals surface area contributed by atoms with E-state index in [1.54, 1.807) is 12.1 Å². The molecule has 120 valence electrons. The van der Waals surface area contributed by atoms with E-state index >= 15 is 0 Å². The maximum atomic E-state index is 13.1. The van der Waals surface area contributed by atoms with Crippen LogP contribution in [0.3, 0.4) is 0 Å². The van der Waals surface area contributed by atoms with Crippen molar-refractivity contribution in [3.8, 4) is 0 Å². The number of carboxylic acids is 1. The zero-order valence-electron chi connectivity index (χ0n) is 12.3. The van der Waals surface area contributed by atoms with Crippen LogP contribution in [-0.2, 0) is 0 Å². The molecule has 1 unspecified atom stereocenters. The Hall–Kier alpha value is -2.63. The molecule has 1 aromatic heterocycles. The summed E-state index contributed by atoms with van der Waals surface area (Å²) in [6, 6.07) is 6.99. The molecule has 1 fully saturated rings. The molecule has 1 aromatic carbocycles. The molecule has 1 atom stereocenters. The van der Waals surface area contributed by atoms with Crippen LogP contribution in [0.2, 0.25) is 0 Å². The van der Waals surface area contributed by atoms with Gasteiger partial charge < -0.3 is 14.8 Å². The van der Waals surface area contributed by atoms with Crippen LogP contribution in [0.1, 0.15) is 51.8 Å². The highest BCUT2D eigenvalue weighted by atomic mass is 19.1. The molecule has 0 aliphatic heterocycles. The quantitative estimate of drug-likeness (QED) is 0.886. The smallest absolute Gasteiger partial charge is 0.338 e. The predicted octanol–water partition coefficient (Wildman–Crippen LogP) is 3.39. The monoisotopic (exact) mass is 317 g/mol. The van der Waals surface area contributed by atoms with Crippen LogP contribution in [0.4, 0.5) is 4.39 Å². The lowest BCUT2D eigenvalue weighted by atomic mass is 9.77. The Morgan fingerprint density at radius 3 is 2.48 bits per heavy atom. The number of nitrogens with one attached hydrogen (secondary N) is 1. The van der Waals surface area contributed by atoms with Gasteiger partial charge in [-0.15, -0.1) is 0 Å². The summed E-state index contributed by atoms with van der Waals surface area (Å²) in [6.07, 6.45) is 4.11. The highest BCUT2D eigenvalue weighted by Crippen LogP contribution is 2.38. The number of furan rings is 1. The molecule has 5 nitrogen and oxygen atoms in total. The standard InChI is InChI=1S/C17H16FNO4/c18-13-6-4-11(5-7-13)15(10-2-1-3-10)19-16(20)14-8-12(9-23-14)17(21)22/h4-10,15H,1-3H2,(H,19,20)(H,21,22). The fourth-order valence-corrected chi connectivity index (χ4v) is 2.70. The van der Waals surface area contributed by atoms with E-state index in [1.165, 1.54) is 18.2 Å². The number of carbonyl (C=O) groups excluding carboxylic acids is 1. The fraction of sp³-hybridized carbons (Fsp3) is 0.294. The Morgan fingerprint density at radius 2 is 1.96 bits per heavy atom. The highest BCUT2D eigenvalue weighted by Gasteiger charge is 2.30. The lowest BCUT2D eigenvalue weighted by molar-refractivity contribution is 0.0695. The normalized spacial score (nSPS) is 15.7. The van der Waals surface area contributed by atoms with E-state index in [0.29, 0.717) is 5.92 Å². The van der Waals surface area contributed by atoms with Crippen molar-refractivity contribution in [2.75, 3.05) is 0 Å². The first-order valence-electron chi connectivity index (χ1n) is 7.43. The Kier molecular flexibility index (Phi) is 4.14. The number of hydrogen-bond donors (Lipinski definition) is 2. The summed E-state index contributed by atoms with van der Waals surface area (Å²) < 4.78 is 18.1. The third-order valence-electron chi connectivity index (χ3n) is 4.21. The molecule has 1 aliphatic carbocycles. The third-order valence-corrected chi connectivity index (χ3v) is 4.21. The van der Waals surface area contributed by atoms with Crippen molar-refractivity contribution in [2.24, 2.45) is 5.92 Å². The number of carboxylic acid groups (broad SMARTS) is 1. The lowest BCUT2D eigenvalue weighted by Crippen LogP contribution is -2.36. The first-order chi connectivity index (χ1) is 11.0. The van der Waals surface area contributed by atoms with E-state index < -0.39 is 11.9 Å². The molecule has 1 amide bonds. The molecular formula is C17H16FNO4. The van der Waals surface area contributed by atoms with E-state index in [-0.39, 0.29) is 23.2 Å². The van der Waals surface area contributed by atoms with Gasteiger partial charge in [-0.3, -0.25) is 4.79 Å². The average molecular weight is 317 g/mol. The van der Waals surface area contributed by atoms with Gasteiger partial charge in [0, 0.05) is 6.07 Å². The second kappa shape index (κ2) is 6.24. The fourth-order valence-electron chi connectivity index (χ4n) is 2.70. The number of halogens is 1. The Balaban J connectivity index is 1.78. The molecule has 1 heterocycles. The molecule has 6 heteroatoms. The maximum Gasteiger partial charge on any atom is 0.338 e. The van der Waals surface area contributed by atoms with Crippen LogP contribution in [0.25, 0.3) is 0 Å². The molecule has 1 aliphatic rings. The molecule has 0 bridgehead atoms. The minimum absolute atomic E-state index is 0.0474. The van der Waals surface area contributed by atoms with Gasteiger partial charge in [-0.2, -0.15) is 0 Å². The number of carbonyl (C=O) groups is 2. The van der Waals surface area contributed by atoms with Crippen LogP contribution in [0.15, 0.2) is 41.0 Å². The maximum absolute atomic E-state index is 13.1. The number of amides is 1. The molecule has 0 spiro atoms. The van der Waals surface area contributed by atoms with E-state index in [2.05, 4.69) is 5.32 Å². The minimum atomic E-state index is -1.15. The van der Waals surface area contributed by atoms with Gasteiger partial charge in [0.2, 0.25) is 0 Å². The predicted molar refractivity (Wildman–Crippen MR) is 79.6 cm³/mol.